The molecule has 0 rings (SSSR count). The molecule has 0 aliphatic carbocycles. The van der Waals surface area contributed by atoms with E-state index in [0.29, 0.717) is 0 Å². The van der Waals surface area contributed by atoms with Gasteiger partial charge in [0.05, 0.1) is 0 Å². The topological polar surface area (TPSA) is 18.5 Å². The predicted octanol–water partition coefficient (Wildman–Crippen LogP) is 3.15. The van der Waals surface area contributed by atoms with Crippen LogP contribution in [-0.4, -0.2) is 18.9 Å². The summed E-state index contributed by atoms with van der Waals surface area (Å²) in [6.07, 6.45) is 3.20. The average molecular weight is 239 g/mol. The Morgan fingerprint density at radius 3 is 2.17 bits per heavy atom. The quantitative estimate of drug-likeness (QED) is 0.523. The number of hydrogen-bond acceptors (Lipinski definition) is 2. The minimum absolute atomic E-state index is 0.573. The summed E-state index contributed by atoms with van der Waals surface area (Å²) in [6, 6.07) is 0. The lowest BCUT2D eigenvalue weighted by Gasteiger charge is -2.25. The zero-order chi connectivity index (χ0) is 9.61. The van der Waals surface area contributed by atoms with Gasteiger partial charge in [-0.25, -0.2) is 0 Å². The van der Waals surface area contributed by atoms with E-state index in [4.69, 9.17) is 9.47 Å². The lowest BCUT2D eigenvalue weighted by molar-refractivity contribution is -0.133. The Balaban J connectivity index is 3.72. The normalized spacial score (nSPS) is 14.8. The maximum absolute atomic E-state index is 5.18. The minimum Gasteiger partial charge on any atom is -0.344 e. The Morgan fingerprint density at radius 1 is 1.33 bits per heavy atom. The van der Waals surface area contributed by atoms with E-state index >= 15 is 0 Å². The fourth-order valence-corrected chi connectivity index (χ4v) is 1.14. The van der Waals surface area contributed by atoms with Gasteiger partial charge in [-0.3, -0.25) is 0 Å². The van der Waals surface area contributed by atoms with E-state index in [-0.39, 0.29) is 0 Å². The van der Waals surface area contributed by atoms with Crippen molar-refractivity contribution in [3.05, 3.63) is 0 Å². The van der Waals surface area contributed by atoms with Crippen molar-refractivity contribution in [1.82, 2.24) is 0 Å². The highest BCUT2D eigenvalue weighted by Crippen LogP contribution is 2.28. The van der Waals surface area contributed by atoms with E-state index in [1.54, 1.807) is 14.2 Å². The molecule has 0 spiro atoms. The molecule has 2 nitrogen and oxygen atoms in total. The summed E-state index contributed by atoms with van der Waals surface area (Å²) in [7, 11) is 3.30. The number of hydrogen-bond donors (Lipinski definition) is 0. The Hall–Kier alpha value is 0.400. The molecule has 1 atom stereocenters. The second-order valence-electron chi connectivity index (χ2n) is 3.12. The fourth-order valence-electron chi connectivity index (χ4n) is 0.910. The molecule has 0 heterocycles. The summed E-state index contributed by atoms with van der Waals surface area (Å²) in [6.45, 7) is 4.43. The van der Waals surface area contributed by atoms with E-state index < -0.39 is 4.70 Å². The van der Waals surface area contributed by atoms with Gasteiger partial charge in [-0.15, -0.1) is 0 Å². The molecule has 0 aromatic rings. The van der Waals surface area contributed by atoms with Crippen molar-refractivity contribution in [1.29, 1.82) is 0 Å². The van der Waals surface area contributed by atoms with E-state index in [1.165, 1.54) is 6.42 Å². The standard InChI is InChI=1S/C9H19BrO2/c1-5-8(2)6-7-9(10,11-3)12-4/h8H,5-7H2,1-4H3. The maximum atomic E-state index is 5.18. The van der Waals surface area contributed by atoms with Crippen LogP contribution in [0.3, 0.4) is 0 Å². The molecule has 12 heavy (non-hydrogen) atoms. The number of halogens is 1. The third kappa shape index (κ3) is 4.43. The third-order valence-electron chi connectivity index (χ3n) is 2.24. The van der Waals surface area contributed by atoms with Gasteiger partial charge in [-0.2, -0.15) is 0 Å². The first-order chi connectivity index (χ1) is 5.58. The number of methoxy groups -OCH3 is 2. The van der Waals surface area contributed by atoms with Crippen LogP contribution >= 0.6 is 15.9 Å². The molecule has 0 saturated carbocycles. The second-order valence-corrected chi connectivity index (χ2v) is 4.33. The van der Waals surface area contributed by atoms with Gasteiger partial charge in [-0.1, -0.05) is 20.3 Å². The van der Waals surface area contributed by atoms with Crippen molar-refractivity contribution in [3.63, 3.8) is 0 Å². The molecule has 0 saturated heterocycles. The third-order valence-corrected chi connectivity index (χ3v) is 3.29. The Bertz CT molecular complexity index is 113. The lowest BCUT2D eigenvalue weighted by Crippen LogP contribution is -2.26. The van der Waals surface area contributed by atoms with Crippen molar-refractivity contribution in [3.8, 4) is 0 Å². The van der Waals surface area contributed by atoms with Crippen LogP contribution in [0.5, 0.6) is 0 Å². The highest BCUT2D eigenvalue weighted by molar-refractivity contribution is 9.10. The van der Waals surface area contributed by atoms with Gasteiger partial charge in [0.1, 0.15) is 0 Å². The summed E-state index contributed by atoms with van der Waals surface area (Å²) in [5.74, 6) is 0.729. The minimum atomic E-state index is -0.573. The van der Waals surface area contributed by atoms with Crippen LogP contribution in [0.25, 0.3) is 0 Å². The number of rotatable bonds is 6. The largest absolute Gasteiger partial charge is 0.344 e. The second kappa shape index (κ2) is 5.95. The van der Waals surface area contributed by atoms with Crippen molar-refractivity contribution in [2.75, 3.05) is 14.2 Å². The van der Waals surface area contributed by atoms with Crippen molar-refractivity contribution < 1.29 is 9.47 Å². The molecule has 1 unspecified atom stereocenters. The first-order valence-electron chi connectivity index (χ1n) is 4.37. The van der Waals surface area contributed by atoms with Crippen LogP contribution in [0.2, 0.25) is 0 Å². The zero-order valence-electron chi connectivity index (χ0n) is 8.39. The van der Waals surface area contributed by atoms with Crippen LogP contribution in [0.4, 0.5) is 0 Å². The summed E-state index contributed by atoms with van der Waals surface area (Å²) < 4.78 is 9.78. The summed E-state index contributed by atoms with van der Waals surface area (Å²) in [4.78, 5) is 0. The van der Waals surface area contributed by atoms with Gasteiger partial charge < -0.3 is 9.47 Å². The molecule has 3 heteroatoms. The molecule has 0 aromatic carbocycles. The lowest BCUT2D eigenvalue weighted by atomic mass is 10.0. The van der Waals surface area contributed by atoms with Crippen molar-refractivity contribution in [2.24, 2.45) is 5.92 Å². The van der Waals surface area contributed by atoms with Crippen LogP contribution in [0, 0.1) is 5.92 Å². The van der Waals surface area contributed by atoms with Crippen LogP contribution in [0.15, 0.2) is 0 Å². The molecule has 0 radical (unpaired) electrons. The van der Waals surface area contributed by atoms with E-state index in [1.807, 2.05) is 0 Å². The molecular formula is C9H19BrO2. The van der Waals surface area contributed by atoms with Crippen LogP contribution < -0.4 is 0 Å². The average Bonchev–Trinajstić information content (AvgIpc) is 2.13. The van der Waals surface area contributed by atoms with E-state index in [2.05, 4.69) is 29.8 Å². The molecule has 74 valence electrons. The van der Waals surface area contributed by atoms with Gasteiger partial charge in [-0.05, 0) is 28.3 Å². The monoisotopic (exact) mass is 238 g/mol. The van der Waals surface area contributed by atoms with Gasteiger partial charge in [0, 0.05) is 20.6 Å². The van der Waals surface area contributed by atoms with E-state index in [0.717, 1.165) is 18.8 Å². The Labute approximate surface area is 83.8 Å². The van der Waals surface area contributed by atoms with Gasteiger partial charge in [0.2, 0.25) is 4.70 Å². The number of ether oxygens (including phenoxy) is 2. The molecule has 0 amide bonds. The highest BCUT2D eigenvalue weighted by atomic mass is 79.9. The first-order valence-corrected chi connectivity index (χ1v) is 5.16. The van der Waals surface area contributed by atoms with Crippen molar-refractivity contribution in [2.45, 2.75) is 37.8 Å². The SMILES string of the molecule is CCC(C)CCC(Br)(OC)OC. The Kier molecular flexibility index (Phi) is 6.14. The summed E-state index contributed by atoms with van der Waals surface area (Å²) in [5.41, 5.74) is 0. The maximum Gasteiger partial charge on any atom is 0.225 e. The Morgan fingerprint density at radius 2 is 1.83 bits per heavy atom. The molecule has 0 aliphatic heterocycles. The fraction of sp³-hybridized carbons (Fsp3) is 1.00. The smallest absolute Gasteiger partial charge is 0.225 e. The highest BCUT2D eigenvalue weighted by Gasteiger charge is 2.25. The molecular weight excluding hydrogens is 220 g/mol. The predicted molar refractivity (Wildman–Crippen MR) is 54.4 cm³/mol. The van der Waals surface area contributed by atoms with E-state index in [9.17, 15) is 0 Å². The van der Waals surface area contributed by atoms with Crippen molar-refractivity contribution >= 4 is 15.9 Å². The number of alkyl halides is 1. The van der Waals surface area contributed by atoms with Gasteiger partial charge >= 0.3 is 0 Å². The van der Waals surface area contributed by atoms with Crippen LogP contribution in [-0.2, 0) is 9.47 Å². The molecule has 0 bridgehead atoms. The molecule has 0 aromatic heterocycles. The van der Waals surface area contributed by atoms with Gasteiger partial charge in [0.25, 0.3) is 0 Å². The molecule has 0 fully saturated rings. The summed E-state index contributed by atoms with van der Waals surface area (Å²) >= 11 is 3.40. The molecule has 0 aliphatic rings. The summed E-state index contributed by atoms with van der Waals surface area (Å²) in [5, 5.41) is 0. The zero-order valence-corrected chi connectivity index (χ0v) is 9.98. The van der Waals surface area contributed by atoms with Crippen LogP contribution in [0.1, 0.15) is 33.1 Å². The van der Waals surface area contributed by atoms with Gasteiger partial charge in [0.15, 0.2) is 0 Å². The first kappa shape index (κ1) is 12.4. The molecule has 0 N–H and O–H groups in total.